The van der Waals surface area contributed by atoms with Crippen molar-refractivity contribution in [1.82, 2.24) is 30.4 Å². The van der Waals surface area contributed by atoms with Crippen LogP contribution in [0.4, 0.5) is 10.7 Å². The topological polar surface area (TPSA) is 88.0 Å². The minimum absolute atomic E-state index is 0.130. The van der Waals surface area contributed by atoms with Crippen LogP contribution in [0.2, 0.25) is 0 Å². The van der Waals surface area contributed by atoms with E-state index in [1.165, 1.54) is 4.90 Å². The van der Waals surface area contributed by atoms with Gasteiger partial charge >= 0.3 is 6.03 Å². The van der Waals surface area contributed by atoms with Gasteiger partial charge in [-0.25, -0.2) is 4.79 Å². The number of nitrogens with one attached hydrogen (secondary N) is 2. The average Bonchev–Trinajstić information content (AvgIpc) is 2.92. The lowest BCUT2D eigenvalue weighted by atomic mass is 10.3. The first-order valence-corrected chi connectivity index (χ1v) is 6.21. The molecule has 8 nitrogen and oxygen atoms in total. The molecule has 1 aromatic heterocycles. The minimum Gasteiger partial charge on any atom is -0.351 e. The summed E-state index contributed by atoms with van der Waals surface area (Å²) in [4.78, 5) is 12.8. The zero-order valence-electron chi connectivity index (χ0n) is 11.4. The molecule has 1 aromatic carbocycles. The van der Waals surface area contributed by atoms with Crippen molar-refractivity contribution in [2.24, 2.45) is 0 Å². The highest BCUT2D eigenvalue weighted by molar-refractivity contribution is 5.73. The van der Waals surface area contributed by atoms with Crippen LogP contribution in [0.25, 0.3) is 5.69 Å². The molecule has 20 heavy (non-hydrogen) atoms. The Morgan fingerprint density at radius 1 is 1.25 bits per heavy atom. The Kier molecular flexibility index (Phi) is 4.48. The zero-order chi connectivity index (χ0) is 14.4. The number of nitrogens with zero attached hydrogens (tertiary/aromatic N) is 5. The summed E-state index contributed by atoms with van der Waals surface area (Å²) in [6.45, 7) is 1.02. The predicted molar refractivity (Wildman–Crippen MR) is 74.7 cm³/mol. The van der Waals surface area contributed by atoms with E-state index in [9.17, 15) is 4.79 Å². The van der Waals surface area contributed by atoms with E-state index in [0.717, 1.165) is 5.69 Å². The Labute approximate surface area is 116 Å². The smallest absolute Gasteiger partial charge is 0.316 e. The van der Waals surface area contributed by atoms with Crippen LogP contribution in [0.5, 0.6) is 0 Å². The van der Waals surface area contributed by atoms with Crippen molar-refractivity contribution in [3.05, 3.63) is 30.3 Å². The molecule has 0 unspecified atom stereocenters. The molecule has 0 aliphatic carbocycles. The van der Waals surface area contributed by atoms with Gasteiger partial charge in [-0.3, -0.25) is 0 Å². The van der Waals surface area contributed by atoms with Crippen LogP contribution >= 0.6 is 0 Å². The molecule has 0 saturated carbocycles. The monoisotopic (exact) mass is 275 g/mol. The molecule has 0 spiro atoms. The van der Waals surface area contributed by atoms with Crippen LogP contribution in [0.1, 0.15) is 0 Å². The van der Waals surface area contributed by atoms with Crippen LogP contribution in [0.3, 0.4) is 0 Å². The van der Waals surface area contributed by atoms with E-state index in [2.05, 4.69) is 26.2 Å². The number of hydrogen-bond donors (Lipinski definition) is 2. The molecule has 0 radical (unpaired) electrons. The van der Waals surface area contributed by atoms with Gasteiger partial charge in [0.25, 0.3) is 0 Å². The van der Waals surface area contributed by atoms with Gasteiger partial charge < -0.3 is 15.5 Å². The van der Waals surface area contributed by atoms with Gasteiger partial charge in [0.2, 0.25) is 5.95 Å². The summed E-state index contributed by atoms with van der Waals surface area (Å²) in [5.74, 6) is 0.537. The fourth-order valence-corrected chi connectivity index (χ4v) is 1.54. The number of para-hydroxylation sites is 1. The van der Waals surface area contributed by atoms with Crippen molar-refractivity contribution >= 4 is 12.0 Å². The molecular weight excluding hydrogens is 258 g/mol. The van der Waals surface area contributed by atoms with Gasteiger partial charge in [-0.1, -0.05) is 23.3 Å². The molecule has 0 aliphatic heterocycles. The number of rotatable bonds is 5. The first kappa shape index (κ1) is 13.8. The third-order valence-electron chi connectivity index (χ3n) is 2.56. The molecule has 1 heterocycles. The van der Waals surface area contributed by atoms with Gasteiger partial charge in [0.15, 0.2) is 0 Å². The highest BCUT2D eigenvalue weighted by Crippen LogP contribution is 2.09. The van der Waals surface area contributed by atoms with Crippen LogP contribution < -0.4 is 10.6 Å². The maximum Gasteiger partial charge on any atom is 0.316 e. The number of benzene rings is 1. The predicted octanol–water partition coefficient (Wildman–Crippen LogP) is 0.345. The molecule has 8 heteroatoms. The van der Waals surface area contributed by atoms with E-state index in [1.54, 1.807) is 18.8 Å². The summed E-state index contributed by atoms with van der Waals surface area (Å²) in [7, 11) is 3.39. The van der Waals surface area contributed by atoms with E-state index in [0.29, 0.717) is 19.0 Å². The highest BCUT2D eigenvalue weighted by atomic mass is 16.2. The molecule has 2 amide bonds. The van der Waals surface area contributed by atoms with Gasteiger partial charge in [-0.05, 0) is 22.6 Å². The van der Waals surface area contributed by atoms with Crippen molar-refractivity contribution in [2.75, 3.05) is 32.5 Å². The summed E-state index contributed by atoms with van der Waals surface area (Å²) in [5, 5.41) is 17.3. The molecule has 0 saturated heterocycles. The van der Waals surface area contributed by atoms with E-state index in [1.807, 2.05) is 30.3 Å². The number of tetrazole rings is 1. The van der Waals surface area contributed by atoms with Crippen molar-refractivity contribution in [3.63, 3.8) is 0 Å². The van der Waals surface area contributed by atoms with Crippen LogP contribution in [-0.4, -0.2) is 58.3 Å². The summed E-state index contributed by atoms with van der Waals surface area (Å²) in [5.41, 5.74) is 0.873. The Balaban J connectivity index is 1.89. The van der Waals surface area contributed by atoms with Crippen molar-refractivity contribution in [1.29, 1.82) is 0 Å². The Hall–Kier alpha value is -2.64. The number of carbonyl (C=O) groups is 1. The van der Waals surface area contributed by atoms with Crippen LogP contribution in [0.15, 0.2) is 30.3 Å². The molecule has 106 valence electrons. The number of amides is 2. The SMILES string of the molecule is CN(C)C(=O)NCCNc1nnnn1-c1ccccc1. The van der Waals surface area contributed by atoms with Gasteiger partial charge in [0.05, 0.1) is 5.69 Å². The quantitative estimate of drug-likeness (QED) is 0.769. The largest absolute Gasteiger partial charge is 0.351 e. The zero-order valence-corrected chi connectivity index (χ0v) is 11.4. The molecule has 2 aromatic rings. The fourth-order valence-electron chi connectivity index (χ4n) is 1.54. The minimum atomic E-state index is -0.130. The van der Waals surface area contributed by atoms with E-state index < -0.39 is 0 Å². The average molecular weight is 275 g/mol. The molecule has 0 atom stereocenters. The molecule has 2 rings (SSSR count). The lowest BCUT2D eigenvalue weighted by Crippen LogP contribution is -2.37. The molecule has 0 bridgehead atoms. The van der Waals surface area contributed by atoms with Crippen molar-refractivity contribution in [3.8, 4) is 5.69 Å². The normalized spacial score (nSPS) is 10.1. The number of carbonyl (C=O) groups excluding carboxylic acids is 1. The maximum absolute atomic E-state index is 11.3. The first-order chi connectivity index (χ1) is 9.68. The number of aromatic nitrogens is 4. The van der Waals surface area contributed by atoms with Gasteiger partial charge in [0, 0.05) is 27.2 Å². The number of anilines is 1. The highest BCUT2D eigenvalue weighted by Gasteiger charge is 2.07. The molecule has 0 fully saturated rings. The Bertz CT molecular complexity index is 552. The van der Waals surface area contributed by atoms with E-state index in [4.69, 9.17) is 0 Å². The van der Waals surface area contributed by atoms with Gasteiger partial charge in [0.1, 0.15) is 0 Å². The van der Waals surface area contributed by atoms with Crippen LogP contribution in [0, 0.1) is 0 Å². The lowest BCUT2D eigenvalue weighted by molar-refractivity contribution is 0.218. The second-order valence-corrected chi connectivity index (χ2v) is 4.30. The summed E-state index contributed by atoms with van der Waals surface area (Å²) >= 11 is 0. The number of hydrogen-bond acceptors (Lipinski definition) is 5. The second-order valence-electron chi connectivity index (χ2n) is 4.30. The fraction of sp³-hybridized carbons (Fsp3) is 0.333. The third kappa shape index (κ3) is 3.44. The summed E-state index contributed by atoms with van der Waals surface area (Å²) < 4.78 is 1.60. The second kappa shape index (κ2) is 6.50. The Morgan fingerprint density at radius 2 is 2.00 bits per heavy atom. The number of urea groups is 1. The van der Waals surface area contributed by atoms with Crippen LogP contribution in [-0.2, 0) is 0 Å². The first-order valence-electron chi connectivity index (χ1n) is 6.21. The van der Waals surface area contributed by atoms with E-state index in [-0.39, 0.29) is 6.03 Å². The summed E-state index contributed by atoms with van der Waals surface area (Å²) in [6, 6.07) is 9.45. The van der Waals surface area contributed by atoms with Crippen molar-refractivity contribution in [2.45, 2.75) is 0 Å². The van der Waals surface area contributed by atoms with Gasteiger partial charge in [-0.15, -0.1) is 0 Å². The maximum atomic E-state index is 11.3. The van der Waals surface area contributed by atoms with Gasteiger partial charge in [-0.2, -0.15) is 4.68 Å². The van der Waals surface area contributed by atoms with E-state index >= 15 is 0 Å². The third-order valence-corrected chi connectivity index (χ3v) is 2.56. The molecular formula is C12H17N7O. The lowest BCUT2D eigenvalue weighted by Gasteiger charge is -2.12. The van der Waals surface area contributed by atoms with Crippen molar-refractivity contribution < 1.29 is 4.79 Å². The Morgan fingerprint density at radius 3 is 2.70 bits per heavy atom. The standard InChI is InChI=1S/C12H17N7O/c1-18(2)12(20)14-9-8-13-11-15-16-17-19(11)10-6-4-3-5-7-10/h3-7H,8-9H2,1-2H3,(H,14,20)(H,13,15,17). The molecule has 0 aliphatic rings. The molecule has 2 N–H and O–H groups in total. The summed E-state index contributed by atoms with van der Waals surface area (Å²) in [6.07, 6.45) is 0.